The van der Waals surface area contributed by atoms with Crippen LogP contribution >= 0.6 is 23.2 Å². The summed E-state index contributed by atoms with van der Waals surface area (Å²) in [5.74, 6) is -2.22. The zero-order chi connectivity index (χ0) is 26.9. The Morgan fingerprint density at radius 3 is 2.51 bits per heavy atom. The summed E-state index contributed by atoms with van der Waals surface area (Å²) in [4.78, 5) is 45.1. The van der Waals surface area contributed by atoms with Gasteiger partial charge >= 0.3 is 0 Å². The Labute approximate surface area is 233 Å². The highest BCUT2D eigenvalue weighted by atomic mass is 35.5. The molecule has 1 saturated heterocycles. The van der Waals surface area contributed by atoms with E-state index < -0.39 is 29.2 Å². The van der Waals surface area contributed by atoms with Crippen molar-refractivity contribution < 1.29 is 18.8 Å². The van der Waals surface area contributed by atoms with E-state index in [2.05, 4.69) is 5.32 Å². The fraction of sp³-hybridized carbons (Fsp3) is 0.129. The number of furan rings is 1. The Morgan fingerprint density at radius 1 is 0.923 bits per heavy atom. The normalized spacial score (nSPS) is 24.3. The average molecular weight is 555 g/mol. The standard InChI is InChI=1S/C31H20Cl2N2O4/c32-18-11-12-20(22(33)16-18)27(36)26-25(28(37)24-10-5-15-39-24)31(21-8-3-4-9-23(21)34-30(31)38)29-19-7-2-1-6-17(19)13-14-35(26)29/h1-16,25-26,29H,(H,34,38)/t25-,26-,29+,31+/m0/s1. The lowest BCUT2D eigenvalue weighted by atomic mass is 9.63. The maximum Gasteiger partial charge on any atom is 0.238 e. The summed E-state index contributed by atoms with van der Waals surface area (Å²) in [6.45, 7) is 0. The van der Waals surface area contributed by atoms with Gasteiger partial charge in [-0.05, 0) is 59.2 Å². The molecule has 1 aromatic heterocycles. The van der Waals surface area contributed by atoms with Crippen molar-refractivity contribution in [3.63, 3.8) is 0 Å². The van der Waals surface area contributed by atoms with Gasteiger partial charge in [0.1, 0.15) is 11.5 Å². The first kappa shape index (κ1) is 23.9. The van der Waals surface area contributed by atoms with E-state index in [1.165, 1.54) is 12.3 Å². The number of para-hydroxylation sites is 1. The van der Waals surface area contributed by atoms with Gasteiger partial charge in [-0.25, -0.2) is 0 Å². The van der Waals surface area contributed by atoms with Crippen molar-refractivity contribution in [2.24, 2.45) is 5.92 Å². The number of anilines is 1. The molecule has 4 atom stereocenters. The number of nitrogens with one attached hydrogen (secondary N) is 1. The molecule has 3 aliphatic rings. The minimum absolute atomic E-state index is 0.0775. The number of benzene rings is 3. The Kier molecular flexibility index (Phi) is 5.34. The van der Waals surface area contributed by atoms with E-state index in [4.69, 9.17) is 27.6 Å². The molecule has 39 heavy (non-hydrogen) atoms. The van der Waals surface area contributed by atoms with E-state index in [9.17, 15) is 14.4 Å². The van der Waals surface area contributed by atoms with Crippen LogP contribution in [-0.2, 0) is 10.2 Å². The number of hydrogen-bond acceptors (Lipinski definition) is 5. The third-order valence-corrected chi connectivity index (χ3v) is 8.63. The summed E-state index contributed by atoms with van der Waals surface area (Å²) in [6, 6.07) is 21.2. The predicted octanol–water partition coefficient (Wildman–Crippen LogP) is 6.57. The van der Waals surface area contributed by atoms with Crippen LogP contribution in [0.1, 0.15) is 43.6 Å². The number of fused-ring (bicyclic) bond motifs is 6. The highest BCUT2D eigenvalue weighted by molar-refractivity contribution is 6.37. The molecule has 4 heterocycles. The first-order valence-corrected chi connectivity index (χ1v) is 13.2. The van der Waals surface area contributed by atoms with Crippen LogP contribution in [0.3, 0.4) is 0 Å². The summed E-state index contributed by atoms with van der Waals surface area (Å²) >= 11 is 12.7. The lowest BCUT2D eigenvalue weighted by molar-refractivity contribution is -0.122. The van der Waals surface area contributed by atoms with Gasteiger partial charge in [-0.1, -0.05) is 65.7 Å². The van der Waals surface area contributed by atoms with Crippen LogP contribution in [-0.4, -0.2) is 28.4 Å². The molecular formula is C31H20Cl2N2O4. The molecule has 7 rings (SSSR count). The highest BCUT2D eigenvalue weighted by Crippen LogP contribution is 2.62. The number of carbonyl (C=O) groups excluding carboxylic acids is 3. The van der Waals surface area contributed by atoms with E-state index >= 15 is 0 Å². The van der Waals surface area contributed by atoms with Gasteiger partial charge in [0.2, 0.25) is 11.7 Å². The minimum Gasteiger partial charge on any atom is -0.461 e. The minimum atomic E-state index is -1.43. The lowest BCUT2D eigenvalue weighted by Gasteiger charge is -2.38. The van der Waals surface area contributed by atoms with Gasteiger partial charge in [-0.2, -0.15) is 0 Å². The maximum absolute atomic E-state index is 14.5. The molecule has 1 amide bonds. The Morgan fingerprint density at radius 2 is 1.72 bits per heavy atom. The molecule has 1 fully saturated rings. The van der Waals surface area contributed by atoms with Gasteiger partial charge in [0.15, 0.2) is 11.5 Å². The molecule has 3 aliphatic heterocycles. The number of hydrogen-bond donors (Lipinski definition) is 1. The van der Waals surface area contributed by atoms with Crippen molar-refractivity contribution >= 4 is 52.4 Å². The van der Waals surface area contributed by atoms with Crippen molar-refractivity contribution in [3.8, 4) is 0 Å². The molecule has 0 radical (unpaired) electrons. The summed E-state index contributed by atoms with van der Waals surface area (Å²) < 4.78 is 5.56. The third-order valence-electron chi connectivity index (χ3n) is 8.08. The molecule has 0 unspecified atom stereocenters. The molecule has 3 aromatic carbocycles. The van der Waals surface area contributed by atoms with E-state index in [1.807, 2.05) is 65.7 Å². The fourth-order valence-corrected chi connectivity index (χ4v) is 7.09. The quantitative estimate of drug-likeness (QED) is 0.288. The van der Waals surface area contributed by atoms with Crippen LogP contribution in [0.15, 0.2) is 95.7 Å². The van der Waals surface area contributed by atoms with Crippen molar-refractivity contribution in [1.82, 2.24) is 4.90 Å². The monoisotopic (exact) mass is 554 g/mol. The SMILES string of the molecule is O=C(c1ccc(Cl)cc1Cl)[C@@H]1[C@@H](C(=O)c2ccco2)[C@@]2(C(=O)Nc3ccccc32)[C@H]2c3ccccc3C=CN12. The van der Waals surface area contributed by atoms with Gasteiger partial charge in [0, 0.05) is 22.5 Å². The Balaban J connectivity index is 1.55. The molecule has 0 saturated carbocycles. The van der Waals surface area contributed by atoms with Crippen molar-refractivity contribution in [2.45, 2.75) is 17.5 Å². The number of ketones is 2. The van der Waals surface area contributed by atoms with Gasteiger partial charge in [-0.15, -0.1) is 0 Å². The number of halogens is 2. The highest BCUT2D eigenvalue weighted by Gasteiger charge is 2.71. The number of Topliss-reactive ketones (excluding diaryl/α,β-unsaturated/α-hetero) is 2. The van der Waals surface area contributed by atoms with Crippen LogP contribution < -0.4 is 5.32 Å². The van der Waals surface area contributed by atoms with Gasteiger partial charge in [-0.3, -0.25) is 14.4 Å². The second-order valence-electron chi connectivity index (χ2n) is 9.92. The van der Waals surface area contributed by atoms with E-state index in [0.29, 0.717) is 16.3 Å². The Bertz CT molecular complexity index is 1710. The molecule has 6 nitrogen and oxygen atoms in total. The summed E-state index contributed by atoms with van der Waals surface area (Å²) in [5, 5.41) is 3.57. The van der Waals surface area contributed by atoms with Crippen LogP contribution in [0.25, 0.3) is 6.08 Å². The molecule has 1 N–H and O–H groups in total. The molecular weight excluding hydrogens is 535 g/mol. The van der Waals surface area contributed by atoms with Crippen LogP contribution in [0.4, 0.5) is 5.69 Å². The number of nitrogens with zero attached hydrogens (tertiary/aromatic N) is 1. The molecule has 0 bridgehead atoms. The molecule has 8 heteroatoms. The number of amides is 1. The molecule has 0 aliphatic carbocycles. The number of rotatable bonds is 4. The van der Waals surface area contributed by atoms with E-state index in [1.54, 1.807) is 24.3 Å². The van der Waals surface area contributed by atoms with Gasteiger partial charge in [0.25, 0.3) is 0 Å². The second-order valence-corrected chi connectivity index (χ2v) is 10.8. The number of carbonyl (C=O) groups is 3. The summed E-state index contributed by atoms with van der Waals surface area (Å²) in [5.41, 5.74) is 1.83. The first-order valence-electron chi connectivity index (χ1n) is 12.5. The van der Waals surface area contributed by atoms with Crippen LogP contribution in [0.2, 0.25) is 10.0 Å². The Hall–Kier alpha value is -4.13. The summed E-state index contributed by atoms with van der Waals surface area (Å²) in [6.07, 6.45) is 5.12. The van der Waals surface area contributed by atoms with Crippen molar-refractivity contribution in [2.75, 3.05) is 5.32 Å². The van der Waals surface area contributed by atoms with Gasteiger partial charge in [0.05, 0.1) is 23.2 Å². The van der Waals surface area contributed by atoms with Crippen molar-refractivity contribution in [1.29, 1.82) is 0 Å². The summed E-state index contributed by atoms with van der Waals surface area (Å²) in [7, 11) is 0. The molecule has 4 aromatic rings. The lowest BCUT2D eigenvalue weighted by Crippen LogP contribution is -2.49. The zero-order valence-corrected chi connectivity index (χ0v) is 21.8. The van der Waals surface area contributed by atoms with Gasteiger partial charge < -0.3 is 14.6 Å². The topological polar surface area (TPSA) is 79.6 Å². The fourth-order valence-electron chi connectivity index (χ4n) is 6.59. The van der Waals surface area contributed by atoms with E-state index in [-0.39, 0.29) is 28.0 Å². The second kappa shape index (κ2) is 8.70. The smallest absolute Gasteiger partial charge is 0.238 e. The van der Waals surface area contributed by atoms with Crippen LogP contribution in [0.5, 0.6) is 0 Å². The molecule has 192 valence electrons. The predicted molar refractivity (Wildman–Crippen MR) is 148 cm³/mol. The molecule has 1 spiro atoms. The van der Waals surface area contributed by atoms with Crippen LogP contribution in [0, 0.1) is 5.92 Å². The largest absolute Gasteiger partial charge is 0.461 e. The first-order chi connectivity index (χ1) is 18.9. The van der Waals surface area contributed by atoms with Crippen molar-refractivity contribution in [3.05, 3.63) is 129 Å². The average Bonchev–Trinajstić information content (AvgIpc) is 3.65. The third kappa shape index (κ3) is 3.25. The van der Waals surface area contributed by atoms with E-state index in [0.717, 1.165) is 11.1 Å². The zero-order valence-electron chi connectivity index (χ0n) is 20.3. The maximum atomic E-state index is 14.5.